The maximum atomic E-state index is 12.0. The second kappa shape index (κ2) is 9.41. The summed E-state index contributed by atoms with van der Waals surface area (Å²) in [6.45, 7) is 5.39. The number of rotatable bonds is 8. The van der Waals surface area contributed by atoms with E-state index < -0.39 is 0 Å². The Morgan fingerprint density at radius 2 is 1.94 bits per heavy atom. The van der Waals surface area contributed by atoms with Crippen LogP contribution in [0.4, 0.5) is 0 Å². The van der Waals surface area contributed by atoms with Gasteiger partial charge in [-0.25, -0.2) is 0 Å². The van der Waals surface area contributed by atoms with Crippen LogP contribution >= 0.6 is 0 Å². The fraction of sp³-hybridized carbons (Fsp3) is 0.938. The second-order valence-corrected chi connectivity index (χ2v) is 5.76. The SMILES string of the molecule is CCCCCCCC(CC)C1CCCCNC1=O. The molecule has 2 unspecified atom stereocenters. The summed E-state index contributed by atoms with van der Waals surface area (Å²) in [7, 11) is 0. The lowest BCUT2D eigenvalue weighted by atomic mass is 9.82. The Labute approximate surface area is 113 Å². The molecular formula is C16H31NO. The Bertz CT molecular complexity index is 227. The zero-order chi connectivity index (χ0) is 13.2. The summed E-state index contributed by atoms with van der Waals surface area (Å²) in [5, 5.41) is 3.08. The van der Waals surface area contributed by atoms with E-state index in [2.05, 4.69) is 19.2 Å². The summed E-state index contributed by atoms with van der Waals surface area (Å²) < 4.78 is 0. The molecule has 2 heteroatoms. The molecular weight excluding hydrogens is 222 g/mol. The van der Waals surface area contributed by atoms with Gasteiger partial charge in [0, 0.05) is 12.5 Å². The van der Waals surface area contributed by atoms with Gasteiger partial charge in [-0.15, -0.1) is 0 Å². The van der Waals surface area contributed by atoms with Gasteiger partial charge in [-0.05, 0) is 25.2 Å². The van der Waals surface area contributed by atoms with Gasteiger partial charge in [-0.2, -0.15) is 0 Å². The molecule has 1 aliphatic heterocycles. The van der Waals surface area contributed by atoms with Gasteiger partial charge in [-0.1, -0.05) is 58.8 Å². The molecule has 0 saturated carbocycles. The number of unbranched alkanes of at least 4 members (excludes halogenated alkanes) is 4. The summed E-state index contributed by atoms with van der Waals surface area (Å²) in [5.41, 5.74) is 0. The lowest BCUT2D eigenvalue weighted by molar-refractivity contribution is -0.126. The van der Waals surface area contributed by atoms with Crippen LogP contribution in [0.2, 0.25) is 0 Å². The molecule has 2 nitrogen and oxygen atoms in total. The van der Waals surface area contributed by atoms with Crippen molar-refractivity contribution < 1.29 is 4.79 Å². The van der Waals surface area contributed by atoms with E-state index in [1.807, 2.05) is 0 Å². The number of nitrogens with one attached hydrogen (secondary N) is 1. The second-order valence-electron chi connectivity index (χ2n) is 5.76. The minimum Gasteiger partial charge on any atom is -0.356 e. The third-order valence-electron chi connectivity index (χ3n) is 4.35. The minimum absolute atomic E-state index is 0.295. The number of hydrogen-bond donors (Lipinski definition) is 1. The number of carbonyl (C=O) groups is 1. The third kappa shape index (κ3) is 5.41. The first-order chi connectivity index (χ1) is 8.79. The molecule has 0 aromatic heterocycles. The zero-order valence-corrected chi connectivity index (χ0v) is 12.3. The molecule has 0 spiro atoms. The quantitative estimate of drug-likeness (QED) is 0.642. The van der Waals surface area contributed by atoms with E-state index in [0.717, 1.165) is 25.8 Å². The van der Waals surface area contributed by atoms with E-state index in [0.29, 0.717) is 17.7 Å². The van der Waals surface area contributed by atoms with Crippen molar-refractivity contribution in [2.45, 2.75) is 78.1 Å². The Morgan fingerprint density at radius 1 is 1.17 bits per heavy atom. The first-order valence-electron chi connectivity index (χ1n) is 8.07. The van der Waals surface area contributed by atoms with Gasteiger partial charge in [-0.3, -0.25) is 4.79 Å². The molecule has 1 rings (SSSR count). The number of hydrogen-bond acceptors (Lipinski definition) is 1. The van der Waals surface area contributed by atoms with Crippen molar-refractivity contribution in [1.29, 1.82) is 0 Å². The maximum Gasteiger partial charge on any atom is 0.223 e. The molecule has 0 aromatic rings. The largest absolute Gasteiger partial charge is 0.356 e. The Balaban J connectivity index is 2.31. The van der Waals surface area contributed by atoms with E-state index >= 15 is 0 Å². The van der Waals surface area contributed by atoms with Gasteiger partial charge in [0.1, 0.15) is 0 Å². The molecule has 1 N–H and O–H groups in total. The standard InChI is InChI=1S/C16H31NO/c1-3-5-6-7-8-11-14(4-2)15-12-9-10-13-17-16(15)18/h14-15H,3-13H2,1-2H3,(H,17,18). The first-order valence-corrected chi connectivity index (χ1v) is 8.07. The van der Waals surface area contributed by atoms with Crippen LogP contribution in [0.15, 0.2) is 0 Å². The van der Waals surface area contributed by atoms with Gasteiger partial charge < -0.3 is 5.32 Å². The Kier molecular flexibility index (Phi) is 8.11. The summed E-state index contributed by atoms with van der Waals surface area (Å²) in [6, 6.07) is 0. The molecule has 0 radical (unpaired) electrons. The van der Waals surface area contributed by atoms with Crippen molar-refractivity contribution in [1.82, 2.24) is 5.32 Å². The lowest BCUT2D eigenvalue weighted by Gasteiger charge is -2.23. The maximum absolute atomic E-state index is 12.0. The summed E-state index contributed by atoms with van der Waals surface area (Å²) >= 11 is 0. The predicted molar refractivity (Wildman–Crippen MR) is 77.5 cm³/mol. The van der Waals surface area contributed by atoms with Crippen molar-refractivity contribution in [2.24, 2.45) is 11.8 Å². The normalized spacial score (nSPS) is 22.3. The van der Waals surface area contributed by atoms with Crippen molar-refractivity contribution in [3.63, 3.8) is 0 Å². The van der Waals surface area contributed by atoms with Gasteiger partial charge in [0.15, 0.2) is 0 Å². The van der Waals surface area contributed by atoms with E-state index in [-0.39, 0.29) is 0 Å². The molecule has 2 atom stereocenters. The van der Waals surface area contributed by atoms with Crippen LogP contribution in [0, 0.1) is 11.8 Å². The molecule has 0 bridgehead atoms. The summed E-state index contributed by atoms with van der Waals surface area (Å²) in [4.78, 5) is 12.0. The fourth-order valence-electron chi connectivity index (χ4n) is 3.11. The van der Waals surface area contributed by atoms with Crippen molar-refractivity contribution >= 4 is 5.91 Å². The highest BCUT2D eigenvalue weighted by Crippen LogP contribution is 2.28. The van der Waals surface area contributed by atoms with Gasteiger partial charge in [0.05, 0.1) is 0 Å². The molecule has 0 aliphatic carbocycles. The topological polar surface area (TPSA) is 29.1 Å². The predicted octanol–water partition coefficient (Wildman–Crippen LogP) is 4.29. The summed E-state index contributed by atoms with van der Waals surface area (Å²) in [6.07, 6.45) is 12.6. The van der Waals surface area contributed by atoms with Crippen molar-refractivity contribution in [3.05, 3.63) is 0 Å². The van der Waals surface area contributed by atoms with Crippen LogP contribution in [0.25, 0.3) is 0 Å². The van der Waals surface area contributed by atoms with Crippen LogP contribution < -0.4 is 5.32 Å². The van der Waals surface area contributed by atoms with Crippen LogP contribution in [0.1, 0.15) is 78.1 Å². The van der Waals surface area contributed by atoms with Crippen LogP contribution in [-0.2, 0) is 4.79 Å². The van der Waals surface area contributed by atoms with E-state index in [9.17, 15) is 4.79 Å². The highest BCUT2D eigenvalue weighted by molar-refractivity contribution is 5.79. The van der Waals surface area contributed by atoms with Crippen molar-refractivity contribution in [3.8, 4) is 0 Å². The molecule has 1 aliphatic rings. The molecule has 1 heterocycles. The van der Waals surface area contributed by atoms with E-state index in [4.69, 9.17) is 0 Å². The summed E-state index contributed by atoms with van der Waals surface area (Å²) in [5.74, 6) is 1.24. The average Bonchev–Trinajstić information content (AvgIpc) is 2.59. The molecule has 106 valence electrons. The van der Waals surface area contributed by atoms with Crippen LogP contribution in [0.5, 0.6) is 0 Å². The average molecular weight is 253 g/mol. The Hall–Kier alpha value is -0.530. The third-order valence-corrected chi connectivity index (χ3v) is 4.35. The van der Waals surface area contributed by atoms with Gasteiger partial charge in [0.25, 0.3) is 0 Å². The molecule has 1 saturated heterocycles. The molecule has 18 heavy (non-hydrogen) atoms. The highest BCUT2D eigenvalue weighted by Gasteiger charge is 2.27. The first kappa shape index (κ1) is 15.5. The Morgan fingerprint density at radius 3 is 2.67 bits per heavy atom. The fourth-order valence-corrected chi connectivity index (χ4v) is 3.11. The van der Waals surface area contributed by atoms with E-state index in [1.54, 1.807) is 0 Å². The van der Waals surface area contributed by atoms with Crippen LogP contribution in [-0.4, -0.2) is 12.5 Å². The minimum atomic E-state index is 0.295. The van der Waals surface area contributed by atoms with Gasteiger partial charge >= 0.3 is 0 Å². The lowest BCUT2D eigenvalue weighted by Crippen LogP contribution is -2.33. The van der Waals surface area contributed by atoms with Crippen LogP contribution in [0.3, 0.4) is 0 Å². The molecule has 1 amide bonds. The molecule has 1 fully saturated rings. The monoisotopic (exact) mass is 253 g/mol. The highest BCUT2D eigenvalue weighted by atomic mass is 16.1. The van der Waals surface area contributed by atoms with E-state index in [1.165, 1.54) is 44.9 Å². The number of amides is 1. The van der Waals surface area contributed by atoms with Crippen molar-refractivity contribution in [2.75, 3.05) is 6.54 Å². The van der Waals surface area contributed by atoms with Gasteiger partial charge in [0.2, 0.25) is 5.91 Å². The smallest absolute Gasteiger partial charge is 0.223 e. The molecule has 0 aromatic carbocycles. The number of carbonyl (C=O) groups excluding carboxylic acids is 1. The zero-order valence-electron chi connectivity index (χ0n) is 12.3.